The lowest BCUT2D eigenvalue weighted by Gasteiger charge is -2.31. The first-order chi connectivity index (χ1) is 15.6. The molecule has 178 valence electrons. The number of amides is 1. The van der Waals surface area contributed by atoms with Crippen molar-refractivity contribution < 1.29 is 32.7 Å². The van der Waals surface area contributed by atoms with E-state index in [0.29, 0.717) is 37.6 Å². The molecule has 1 atom stereocenters. The van der Waals surface area contributed by atoms with Crippen LogP contribution in [0, 0.1) is 10.1 Å². The second-order valence-electron chi connectivity index (χ2n) is 7.37. The molecule has 0 radical (unpaired) electrons. The summed E-state index contributed by atoms with van der Waals surface area (Å²) >= 11 is 0. The van der Waals surface area contributed by atoms with Crippen LogP contribution in [0.5, 0.6) is 0 Å². The Kier molecular flexibility index (Phi) is 7.84. The average Bonchev–Trinajstić information content (AvgIpc) is 2.79. The Morgan fingerprint density at radius 3 is 2.45 bits per heavy atom. The molecule has 0 aromatic heterocycles. The summed E-state index contributed by atoms with van der Waals surface area (Å²) in [4.78, 5) is 24.4. The van der Waals surface area contributed by atoms with Gasteiger partial charge in [0.15, 0.2) is 0 Å². The van der Waals surface area contributed by atoms with E-state index in [2.05, 4.69) is 10.6 Å². The molecule has 1 fully saturated rings. The third kappa shape index (κ3) is 6.63. The van der Waals surface area contributed by atoms with Crippen molar-refractivity contribution in [2.45, 2.75) is 12.3 Å². The van der Waals surface area contributed by atoms with Crippen molar-refractivity contribution in [3.05, 3.63) is 63.7 Å². The van der Waals surface area contributed by atoms with Crippen molar-refractivity contribution >= 4 is 23.0 Å². The van der Waals surface area contributed by atoms with Crippen LogP contribution in [0.25, 0.3) is 0 Å². The molecule has 0 aliphatic carbocycles. The number of aliphatic hydroxyl groups is 1. The first-order valence-corrected chi connectivity index (χ1v) is 10.1. The van der Waals surface area contributed by atoms with E-state index in [1.807, 2.05) is 4.90 Å². The highest BCUT2D eigenvalue weighted by atomic mass is 19.4. The number of morpholine rings is 1. The molecule has 0 saturated carbocycles. The number of benzene rings is 2. The van der Waals surface area contributed by atoms with E-state index in [4.69, 9.17) is 4.74 Å². The van der Waals surface area contributed by atoms with E-state index in [-0.39, 0.29) is 24.5 Å². The zero-order chi connectivity index (χ0) is 24.0. The molecule has 1 aliphatic rings. The number of anilines is 2. The normalized spacial score (nSPS) is 15.2. The zero-order valence-corrected chi connectivity index (χ0v) is 17.5. The quantitative estimate of drug-likeness (QED) is 0.403. The highest BCUT2D eigenvalue weighted by Crippen LogP contribution is 2.35. The van der Waals surface area contributed by atoms with Crippen LogP contribution in [0.4, 0.5) is 30.2 Å². The Balaban J connectivity index is 1.61. The van der Waals surface area contributed by atoms with Gasteiger partial charge in [-0.05, 0) is 35.9 Å². The van der Waals surface area contributed by atoms with E-state index in [9.17, 15) is 33.2 Å². The molecule has 1 saturated heterocycles. The maximum absolute atomic E-state index is 13.2. The number of nitrogens with zero attached hydrogens (tertiary/aromatic N) is 2. The van der Waals surface area contributed by atoms with Crippen LogP contribution in [0.3, 0.4) is 0 Å². The van der Waals surface area contributed by atoms with Gasteiger partial charge < -0.3 is 25.4 Å². The average molecular weight is 468 g/mol. The second kappa shape index (κ2) is 10.6. The summed E-state index contributed by atoms with van der Waals surface area (Å²) in [6.45, 7) is 1.52. The Bertz CT molecular complexity index is 979. The van der Waals surface area contributed by atoms with Gasteiger partial charge in [0.05, 0.1) is 47.7 Å². The van der Waals surface area contributed by atoms with Gasteiger partial charge in [0.1, 0.15) is 0 Å². The smallest absolute Gasteiger partial charge is 0.387 e. The number of non-ortho nitro benzene ring substituents is 1. The van der Waals surface area contributed by atoms with Gasteiger partial charge in [-0.3, -0.25) is 14.9 Å². The van der Waals surface area contributed by atoms with Crippen LogP contribution in [-0.2, 0) is 15.7 Å². The largest absolute Gasteiger partial charge is 0.416 e. The van der Waals surface area contributed by atoms with Crippen molar-refractivity contribution in [3.63, 3.8) is 0 Å². The van der Waals surface area contributed by atoms with Gasteiger partial charge in [0, 0.05) is 31.8 Å². The van der Waals surface area contributed by atoms with Crippen LogP contribution in [0.2, 0.25) is 0 Å². The predicted octanol–water partition coefficient (Wildman–Crippen LogP) is 2.71. The predicted molar refractivity (Wildman–Crippen MR) is 114 cm³/mol. The van der Waals surface area contributed by atoms with E-state index in [1.54, 1.807) is 0 Å². The van der Waals surface area contributed by atoms with Gasteiger partial charge in [-0.15, -0.1) is 0 Å². The fourth-order valence-corrected chi connectivity index (χ4v) is 3.35. The van der Waals surface area contributed by atoms with E-state index in [1.165, 1.54) is 30.3 Å². The third-order valence-corrected chi connectivity index (χ3v) is 5.06. The van der Waals surface area contributed by atoms with Crippen LogP contribution in [-0.4, -0.2) is 55.3 Å². The van der Waals surface area contributed by atoms with Crippen molar-refractivity contribution in [3.8, 4) is 0 Å². The van der Waals surface area contributed by atoms with Gasteiger partial charge in [-0.1, -0.05) is 0 Å². The molecule has 3 N–H and O–H groups in total. The van der Waals surface area contributed by atoms with Crippen molar-refractivity contribution in [2.75, 3.05) is 49.6 Å². The minimum absolute atomic E-state index is 0.0365. The number of carbonyl (C=O) groups excluding carboxylic acids is 1. The van der Waals surface area contributed by atoms with Crippen molar-refractivity contribution in [1.82, 2.24) is 5.32 Å². The number of hydrogen-bond acceptors (Lipinski definition) is 7. The number of nitro benzene ring substituents is 1. The molecule has 1 amide bonds. The zero-order valence-electron chi connectivity index (χ0n) is 17.5. The molecular formula is C21H23F3N4O5. The Morgan fingerprint density at radius 1 is 1.18 bits per heavy atom. The Hall–Kier alpha value is -3.22. The first kappa shape index (κ1) is 24.4. The lowest BCUT2D eigenvalue weighted by molar-refractivity contribution is -0.384. The Morgan fingerprint density at radius 2 is 1.85 bits per heavy atom. The Labute approximate surface area is 187 Å². The van der Waals surface area contributed by atoms with Crippen LogP contribution in [0.15, 0.2) is 42.5 Å². The third-order valence-electron chi connectivity index (χ3n) is 5.06. The van der Waals surface area contributed by atoms with E-state index >= 15 is 0 Å². The molecule has 33 heavy (non-hydrogen) atoms. The number of hydrogen-bond donors (Lipinski definition) is 3. The highest BCUT2D eigenvalue weighted by Gasteiger charge is 2.32. The summed E-state index contributed by atoms with van der Waals surface area (Å²) in [5.74, 6) is -0.584. The highest BCUT2D eigenvalue weighted by molar-refractivity contribution is 5.95. The summed E-state index contributed by atoms with van der Waals surface area (Å²) in [5.41, 5.74) is -0.0761. The number of rotatable bonds is 8. The monoisotopic (exact) mass is 468 g/mol. The molecular weight excluding hydrogens is 445 g/mol. The maximum Gasteiger partial charge on any atom is 0.416 e. The SMILES string of the molecule is O=C(CNCC(O)c1ccc([N+](=O)[O-])cc1)Nc1cc(C(F)(F)F)ccc1N1CCOCC1. The van der Waals surface area contributed by atoms with Gasteiger partial charge in [0.2, 0.25) is 5.91 Å². The standard InChI is InChI=1S/C21H23F3N4O5/c22-21(23,24)15-3-6-18(27-7-9-33-10-8-27)17(11-15)26-20(30)13-25-12-19(29)14-1-4-16(5-2-14)28(31)32/h1-6,11,19,25,29H,7-10,12-13H2,(H,26,30). The van der Waals surface area contributed by atoms with Gasteiger partial charge >= 0.3 is 6.18 Å². The fraction of sp³-hybridized carbons (Fsp3) is 0.381. The summed E-state index contributed by atoms with van der Waals surface area (Å²) in [6.07, 6.45) is -5.59. The number of alkyl halides is 3. The van der Waals surface area contributed by atoms with Gasteiger partial charge in [-0.25, -0.2) is 0 Å². The summed E-state index contributed by atoms with van der Waals surface area (Å²) in [5, 5.41) is 26.1. The molecule has 9 nitrogen and oxygen atoms in total. The fourth-order valence-electron chi connectivity index (χ4n) is 3.35. The minimum Gasteiger partial charge on any atom is -0.387 e. The van der Waals surface area contributed by atoms with E-state index in [0.717, 1.165) is 12.1 Å². The van der Waals surface area contributed by atoms with Crippen molar-refractivity contribution in [1.29, 1.82) is 0 Å². The summed E-state index contributed by atoms with van der Waals surface area (Å²) < 4.78 is 44.8. The molecule has 1 aliphatic heterocycles. The van der Waals surface area contributed by atoms with Crippen molar-refractivity contribution in [2.24, 2.45) is 0 Å². The molecule has 0 bridgehead atoms. The van der Waals surface area contributed by atoms with E-state index < -0.39 is 28.7 Å². The number of aliphatic hydroxyl groups excluding tert-OH is 1. The van der Waals surface area contributed by atoms with Crippen LogP contribution >= 0.6 is 0 Å². The first-order valence-electron chi connectivity index (χ1n) is 10.1. The summed E-state index contributed by atoms with van der Waals surface area (Å²) in [6, 6.07) is 8.52. The molecule has 12 heteroatoms. The van der Waals surface area contributed by atoms with Gasteiger partial charge in [0.25, 0.3) is 5.69 Å². The molecule has 0 spiro atoms. The number of halogens is 3. The van der Waals surface area contributed by atoms with Crippen LogP contribution in [0.1, 0.15) is 17.2 Å². The topological polar surface area (TPSA) is 117 Å². The molecule has 1 heterocycles. The lowest BCUT2D eigenvalue weighted by Crippen LogP contribution is -2.37. The van der Waals surface area contributed by atoms with Gasteiger partial charge in [-0.2, -0.15) is 13.2 Å². The molecule has 2 aromatic carbocycles. The van der Waals surface area contributed by atoms with Crippen LogP contribution < -0.4 is 15.5 Å². The minimum atomic E-state index is -4.56. The second-order valence-corrected chi connectivity index (χ2v) is 7.37. The summed E-state index contributed by atoms with van der Waals surface area (Å²) in [7, 11) is 0. The molecule has 1 unspecified atom stereocenters. The number of ether oxygens (including phenoxy) is 1. The number of nitrogens with one attached hydrogen (secondary N) is 2. The number of carbonyl (C=O) groups is 1. The lowest BCUT2D eigenvalue weighted by atomic mass is 10.1. The maximum atomic E-state index is 13.2. The molecule has 2 aromatic rings. The molecule has 3 rings (SSSR count). The number of nitro groups is 1.